The van der Waals surface area contributed by atoms with Crippen LogP contribution in [0.4, 0.5) is 48.3 Å². The van der Waals surface area contributed by atoms with Crippen molar-refractivity contribution in [1.29, 1.82) is 0 Å². The van der Waals surface area contributed by atoms with Crippen molar-refractivity contribution < 1.29 is 62.6 Å². The van der Waals surface area contributed by atoms with Gasteiger partial charge in [0.15, 0.2) is 0 Å². The summed E-state index contributed by atoms with van der Waals surface area (Å²) in [5.41, 5.74) is 0. The Morgan fingerprint density at radius 3 is 1.55 bits per heavy atom. The van der Waals surface area contributed by atoms with Gasteiger partial charge in [-0.2, -0.15) is 48.3 Å². The van der Waals surface area contributed by atoms with Crippen LogP contribution in [0, 0.1) is 0 Å². The summed E-state index contributed by atoms with van der Waals surface area (Å²) in [4.78, 5) is 10.3. The van der Waals surface area contributed by atoms with Gasteiger partial charge in [0, 0.05) is 0 Å². The highest BCUT2D eigenvalue weighted by Gasteiger charge is 2.85. The van der Waals surface area contributed by atoms with Crippen LogP contribution in [0.2, 0.25) is 0 Å². The molecule has 0 bridgehead atoms. The summed E-state index contributed by atoms with van der Waals surface area (Å²) in [6, 6.07) is -3.71. The third kappa shape index (κ3) is 3.04. The van der Waals surface area contributed by atoms with Crippen molar-refractivity contribution in [3.8, 4) is 0 Å². The first kappa shape index (κ1) is 20.2. The van der Waals surface area contributed by atoms with E-state index in [1.54, 1.807) is 0 Å². The van der Waals surface area contributed by atoms with E-state index in [1.807, 2.05) is 4.74 Å². The molecule has 3 nitrogen and oxygen atoms in total. The van der Waals surface area contributed by atoms with Gasteiger partial charge in [-0.05, 0) is 0 Å². The number of esters is 1. The van der Waals surface area contributed by atoms with Crippen LogP contribution in [-0.4, -0.2) is 37.0 Å². The second-order valence-electron chi connectivity index (χ2n) is 3.37. The minimum Gasteiger partial charge on any atom is -0.464 e. The second kappa shape index (κ2) is 5.79. The molecule has 0 aliphatic carbocycles. The Bertz CT molecular complexity index is 466. The zero-order chi connectivity index (χ0) is 18.1. The van der Waals surface area contributed by atoms with E-state index < -0.39 is 41.9 Å². The average Bonchev–Trinajstić information content (AvgIpc) is 2.36. The Hall–Kier alpha value is -1.76. The van der Waals surface area contributed by atoms with Gasteiger partial charge in [0.1, 0.15) is 0 Å². The van der Waals surface area contributed by atoms with Gasteiger partial charge < -0.3 is 9.47 Å². The largest absolute Gasteiger partial charge is 0.472 e. The highest BCUT2D eigenvalue weighted by molar-refractivity contribution is 5.79. The summed E-state index contributed by atoms with van der Waals surface area (Å²) >= 11 is 0. The van der Waals surface area contributed by atoms with Crippen molar-refractivity contribution in [3.63, 3.8) is 0 Å². The van der Waals surface area contributed by atoms with E-state index >= 15 is 0 Å². The molecular formula is C8H3F11O3. The lowest BCUT2D eigenvalue weighted by atomic mass is 10.0. The monoisotopic (exact) mass is 356 g/mol. The number of alkyl halides is 8. The predicted molar refractivity (Wildman–Crippen MR) is 43.2 cm³/mol. The average molecular weight is 356 g/mol. The van der Waals surface area contributed by atoms with Gasteiger partial charge in [0.2, 0.25) is 0 Å². The number of rotatable bonds is 6. The highest BCUT2D eigenvalue weighted by Crippen LogP contribution is 2.53. The molecule has 0 aromatic heterocycles. The molecule has 0 unspecified atom stereocenters. The minimum atomic E-state index is -7.27. The van der Waals surface area contributed by atoms with E-state index in [-0.39, 0.29) is 7.11 Å². The molecule has 0 aromatic carbocycles. The second-order valence-corrected chi connectivity index (χ2v) is 3.37. The van der Waals surface area contributed by atoms with Crippen molar-refractivity contribution in [2.75, 3.05) is 7.11 Å². The molecule has 0 saturated heterocycles. The Morgan fingerprint density at radius 2 is 1.23 bits per heavy atom. The molecular weight excluding hydrogens is 353 g/mol. The molecule has 130 valence electrons. The molecule has 0 spiro atoms. The van der Waals surface area contributed by atoms with Crippen molar-refractivity contribution in [3.05, 3.63) is 12.1 Å². The topological polar surface area (TPSA) is 35.5 Å². The first-order chi connectivity index (χ1) is 9.56. The van der Waals surface area contributed by atoms with Gasteiger partial charge in [-0.25, -0.2) is 4.79 Å². The zero-order valence-electron chi connectivity index (χ0n) is 9.88. The first-order valence-corrected chi connectivity index (χ1v) is 4.55. The van der Waals surface area contributed by atoms with Gasteiger partial charge in [0.25, 0.3) is 0 Å². The molecule has 0 aliphatic rings. The molecule has 0 radical (unpaired) electrons. The maximum atomic E-state index is 12.9. The van der Waals surface area contributed by atoms with E-state index in [2.05, 4.69) is 4.74 Å². The highest BCUT2D eigenvalue weighted by atomic mass is 19.4. The fourth-order valence-corrected chi connectivity index (χ4v) is 0.852. The van der Waals surface area contributed by atoms with Crippen molar-refractivity contribution in [2.45, 2.75) is 23.9 Å². The number of halogens is 11. The van der Waals surface area contributed by atoms with Gasteiger partial charge >= 0.3 is 41.9 Å². The molecule has 0 aliphatic heterocycles. The number of ether oxygens (including phenoxy) is 2. The third-order valence-corrected chi connectivity index (χ3v) is 1.96. The Morgan fingerprint density at radius 1 is 0.818 bits per heavy atom. The fourth-order valence-electron chi connectivity index (χ4n) is 0.852. The Labute approximate surface area is 113 Å². The van der Waals surface area contributed by atoms with Crippen LogP contribution in [-0.2, 0) is 14.3 Å². The molecule has 14 heteroatoms. The number of hydrogen-bond donors (Lipinski definition) is 0. The molecule has 0 N–H and O–H groups in total. The molecule has 22 heavy (non-hydrogen) atoms. The minimum absolute atomic E-state index is 0.0417. The van der Waals surface area contributed by atoms with E-state index in [1.165, 1.54) is 0 Å². The van der Waals surface area contributed by atoms with E-state index in [0.717, 1.165) is 0 Å². The summed E-state index contributed by atoms with van der Waals surface area (Å²) in [7, 11) is 0.0417. The Kier molecular flexibility index (Phi) is 5.33. The third-order valence-electron chi connectivity index (χ3n) is 1.96. The lowest BCUT2D eigenvalue weighted by molar-refractivity contribution is -0.418. The number of methoxy groups -OCH3 is 1. The van der Waals surface area contributed by atoms with Gasteiger partial charge in [0.05, 0.1) is 7.11 Å². The standard InChI is InChI=1S/C8H3F11O3/c1-21-4(20)5(12,13)6(14,15)7(16,17)8(18,19)22-3(11)2(9)10/h1H3. The first-order valence-electron chi connectivity index (χ1n) is 4.55. The maximum Gasteiger partial charge on any atom is 0.472 e. The van der Waals surface area contributed by atoms with Crippen LogP contribution in [0.3, 0.4) is 0 Å². The molecule has 0 rings (SSSR count). The number of carbonyl (C=O) groups is 1. The SMILES string of the molecule is COC(=O)C(F)(F)C(F)(F)C(F)(F)C(F)(F)OC(F)=C(F)F. The normalized spacial score (nSPS) is 13.6. The van der Waals surface area contributed by atoms with E-state index in [9.17, 15) is 53.1 Å². The number of carbonyl (C=O) groups excluding carboxylic acids is 1. The summed E-state index contributed by atoms with van der Waals surface area (Å²) in [6.07, 6.45) is -10.6. The lowest BCUT2D eigenvalue weighted by Gasteiger charge is -2.34. The van der Waals surface area contributed by atoms with Crippen molar-refractivity contribution in [2.24, 2.45) is 0 Å². The smallest absolute Gasteiger partial charge is 0.464 e. The zero-order valence-corrected chi connectivity index (χ0v) is 9.88. The molecule has 0 heterocycles. The van der Waals surface area contributed by atoms with Crippen molar-refractivity contribution in [1.82, 2.24) is 0 Å². The fraction of sp³-hybridized carbons (Fsp3) is 0.625. The van der Waals surface area contributed by atoms with Crippen molar-refractivity contribution >= 4 is 5.97 Å². The summed E-state index contributed by atoms with van der Waals surface area (Å²) in [5, 5.41) is 0. The van der Waals surface area contributed by atoms with Crippen LogP contribution in [0.1, 0.15) is 0 Å². The maximum absolute atomic E-state index is 12.9. The van der Waals surface area contributed by atoms with Crippen LogP contribution >= 0.6 is 0 Å². The Balaban J connectivity index is 5.89. The van der Waals surface area contributed by atoms with E-state index in [4.69, 9.17) is 0 Å². The molecule has 0 saturated carbocycles. The number of hydrogen-bond acceptors (Lipinski definition) is 3. The summed E-state index contributed by atoms with van der Waals surface area (Å²) in [5.74, 6) is -24.3. The van der Waals surface area contributed by atoms with Crippen LogP contribution in [0.5, 0.6) is 0 Å². The quantitative estimate of drug-likeness (QED) is 0.414. The van der Waals surface area contributed by atoms with E-state index in [0.29, 0.717) is 0 Å². The molecule has 0 atom stereocenters. The van der Waals surface area contributed by atoms with Gasteiger partial charge in [-0.1, -0.05) is 0 Å². The van der Waals surface area contributed by atoms with Gasteiger partial charge in [-0.15, -0.1) is 0 Å². The molecule has 0 fully saturated rings. The lowest BCUT2D eigenvalue weighted by Crippen LogP contribution is -2.65. The van der Waals surface area contributed by atoms with Crippen LogP contribution in [0.25, 0.3) is 0 Å². The predicted octanol–water partition coefficient (Wildman–Crippen LogP) is 3.71. The van der Waals surface area contributed by atoms with Gasteiger partial charge in [-0.3, -0.25) is 0 Å². The summed E-state index contributed by atoms with van der Waals surface area (Å²) < 4.78 is 142. The molecule has 0 aromatic rings. The van der Waals surface area contributed by atoms with Crippen LogP contribution in [0.15, 0.2) is 12.1 Å². The molecule has 0 amide bonds. The van der Waals surface area contributed by atoms with Crippen LogP contribution < -0.4 is 0 Å². The summed E-state index contributed by atoms with van der Waals surface area (Å²) in [6.45, 7) is 0.